The predicted molar refractivity (Wildman–Crippen MR) is 111 cm³/mol. The van der Waals surface area contributed by atoms with Crippen LogP contribution in [0.3, 0.4) is 0 Å². The second-order valence-corrected chi connectivity index (χ2v) is 6.87. The Labute approximate surface area is 175 Å². The summed E-state index contributed by atoms with van der Waals surface area (Å²) in [7, 11) is 0. The second-order valence-electron chi connectivity index (χ2n) is 6.43. The van der Waals surface area contributed by atoms with Gasteiger partial charge in [-0.2, -0.15) is 5.26 Å². The summed E-state index contributed by atoms with van der Waals surface area (Å²) in [4.78, 5) is 0. The van der Waals surface area contributed by atoms with E-state index >= 15 is 0 Å². The summed E-state index contributed by atoms with van der Waals surface area (Å²) in [6, 6.07) is 9.05. The number of hydrogen-bond acceptors (Lipinski definition) is 7. The first-order valence-electron chi connectivity index (χ1n) is 9.35. The van der Waals surface area contributed by atoms with Crippen molar-refractivity contribution in [3.63, 3.8) is 0 Å². The van der Waals surface area contributed by atoms with Crippen molar-refractivity contribution in [3.8, 4) is 11.8 Å². The molecule has 156 valence electrons. The number of nitriles is 1. The fourth-order valence-electron chi connectivity index (χ4n) is 2.68. The fraction of sp³-hybridized carbons (Fsp3) is 0.474. The SMILES string of the molecule is CCNC(N)=S.N#Cc1cccc(OCc2cn(CC3CC(O)CCO3)nn2)c1. The van der Waals surface area contributed by atoms with E-state index in [4.69, 9.17) is 20.5 Å². The molecule has 1 fully saturated rings. The molecule has 0 spiro atoms. The van der Waals surface area contributed by atoms with Crippen LogP contribution in [0, 0.1) is 11.3 Å². The number of ether oxygens (including phenoxy) is 2. The molecule has 9 nitrogen and oxygen atoms in total. The fourth-order valence-corrected chi connectivity index (χ4v) is 2.82. The van der Waals surface area contributed by atoms with Gasteiger partial charge in [0, 0.05) is 19.6 Å². The highest BCUT2D eigenvalue weighted by Gasteiger charge is 2.21. The molecule has 10 heteroatoms. The molecule has 0 saturated carbocycles. The number of aliphatic hydroxyl groups excluding tert-OH is 1. The summed E-state index contributed by atoms with van der Waals surface area (Å²) < 4.78 is 12.9. The number of nitrogens with one attached hydrogen (secondary N) is 1. The highest BCUT2D eigenvalue weighted by atomic mass is 32.1. The third-order valence-corrected chi connectivity index (χ3v) is 4.16. The molecule has 4 N–H and O–H groups in total. The van der Waals surface area contributed by atoms with Crippen LogP contribution in [0.5, 0.6) is 5.75 Å². The second kappa shape index (κ2) is 12.0. The molecular formula is C19H26N6O3S. The predicted octanol–water partition coefficient (Wildman–Crippen LogP) is 1.11. The molecule has 29 heavy (non-hydrogen) atoms. The van der Waals surface area contributed by atoms with Crippen LogP contribution in [-0.4, -0.2) is 50.6 Å². The Bertz CT molecular complexity index is 822. The number of rotatable bonds is 6. The molecular weight excluding hydrogens is 392 g/mol. The Morgan fingerprint density at radius 1 is 1.55 bits per heavy atom. The normalized spacial score (nSPS) is 18.1. The van der Waals surface area contributed by atoms with Gasteiger partial charge in [0.05, 0.1) is 36.6 Å². The average Bonchev–Trinajstić information content (AvgIpc) is 3.14. The number of thiocarbonyl (C=S) groups is 1. The van der Waals surface area contributed by atoms with Gasteiger partial charge in [0.15, 0.2) is 5.11 Å². The summed E-state index contributed by atoms with van der Waals surface area (Å²) >= 11 is 4.46. The van der Waals surface area contributed by atoms with Crippen LogP contribution in [0.25, 0.3) is 0 Å². The molecule has 2 atom stereocenters. The van der Waals surface area contributed by atoms with Gasteiger partial charge in [0.1, 0.15) is 18.1 Å². The zero-order chi connectivity index (χ0) is 21.1. The highest BCUT2D eigenvalue weighted by molar-refractivity contribution is 7.80. The molecule has 1 aliphatic rings. The van der Waals surface area contributed by atoms with Gasteiger partial charge in [-0.15, -0.1) is 5.10 Å². The monoisotopic (exact) mass is 418 g/mol. The number of aromatic nitrogens is 3. The first kappa shape index (κ1) is 22.5. The van der Waals surface area contributed by atoms with Crippen LogP contribution < -0.4 is 15.8 Å². The number of aliphatic hydroxyl groups is 1. The topological polar surface area (TPSA) is 131 Å². The zero-order valence-corrected chi connectivity index (χ0v) is 17.1. The minimum Gasteiger partial charge on any atom is -0.487 e. The summed E-state index contributed by atoms with van der Waals surface area (Å²) in [6.45, 7) is 4.18. The molecule has 2 heterocycles. The molecule has 2 aromatic rings. The van der Waals surface area contributed by atoms with Crippen molar-refractivity contribution in [2.24, 2.45) is 5.73 Å². The summed E-state index contributed by atoms with van der Waals surface area (Å²) in [5.41, 5.74) is 6.28. The summed E-state index contributed by atoms with van der Waals surface area (Å²) in [5, 5.41) is 29.7. The zero-order valence-electron chi connectivity index (χ0n) is 16.3. The van der Waals surface area contributed by atoms with Gasteiger partial charge < -0.3 is 25.6 Å². The quantitative estimate of drug-likeness (QED) is 0.590. The van der Waals surface area contributed by atoms with Crippen LogP contribution in [0.4, 0.5) is 0 Å². The number of hydrogen-bond donors (Lipinski definition) is 3. The lowest BCUT2D eigenvalue weighted by Crippen LogP contribution is -2.32. The van der Waals surface area contributed by atoms with Crippen molar-refractivity contribution in [1.29, 1.82) is 5.26 Å². The number of nitrogens with two attached hydrogens (primary N) is 1. The molecule has 1 aromatic heterocycles. The average molecular weight is 419 g/mol. The van der Waals surface area contributed by atoms with E-state index in [1.54, 1.807) is 35.1 Å². The van der Waals surface area contributed by atoms with Crippen LogP contribution in [0.1, 0.15) is 31.0 Å². The Kier molecular flexibility index (Phi) is 9.30. The smallest absolute Gasteiger partial charge is 0.163 e. The minimum absolute atomic E-state index is 0.0403. The number of nitrogens with zero attached hydrogens (tertiary/aromatic N) is 4. The van der Waals surface area contributed by atoms with E-state index in [1.807, 2.05) is 6.92 Å². The maximum absolute atomic E-state index is 9.65. The van der Waals surface area contributed by atoms with Crippen LogP contribution in [0.2, 0.25) is 0 Å². The molecule has 0 amide bonds. The largest absolute Gasteiger partial charge is 0.487 e. The lowest BCUT2D eigenvalue weighted by atomic mass is 10.1. The molecule has 0 aliphatic carbocycles. The van der Waals surface area contributed by atoms with Crippen LogP contribution in [0.15, 0.2) is 30.5 Å². The van der Waals surface area contributed by atoms with Crippen molar-refractivity contribution in [1.82, 2.24) is 20.3 Å². The molecule has 0 radical (unpaired) electrons. The summed E-state index contributed by atoms with van der Waals surface area (Å²) in [5.74, 6) is 0.623. The van der Waals surface area contributed by atoms with E-state index in [-0.39, 0.29) is 18.8 Å². The van der Waals surface area contributed by atoms with Crippen molar-refractivity contribution < 1.29 is 14.6 Å². The van der Waals surface area contributed by atoms with Gasteiger partial charge in [-0.05, 0) is 43.8 Å². The van der Waals surface area contributed by atoms with E-state index in [1.165, 1.54) is 0 Å². The Morgan fingerprint density at radius 2 is 2.38 bits per heavy atom. The molecule has 1 saturated heterocycles. The minimum atomic E-state index is -0.299. The van der Waals surface area contributed by atoms with Crippen LogP contribution in [-0.2, 0) is 17.9 Å². The van der Waals surface area contributed by atoms with Crippen molar-refractivity contribution in [3.05, 3.63) is 41.7 Å². The van der Waals surface area contributed by atoms with Crippen molar-refractivity contribution >= 4 is 17.3 Å². The molecule has 0 bridgehead atoms. The Morgan fingerprint density at radius 3 is 3.03 bits per heavy atom. The van der Waals surface area contributed by atoms with Gasteiger partial charge in [-0.25, -0.2) is 4.68 Å². The molecule has 2 unspecified atom stereocenters. The Balaban J connectivity index is 0.000000438. The van der Waals surface area contributed by atoms with Gasteiger partial charge in [0.2, 0.25) is 0 Å². The third kappa shape index (κ3) is 8.43. The lowest BCUT2D eigenvalue weighted by molar-refractivity contribution is -0.0512. The van der Waals surface area contributed by atoms with Gasteiger partial charge >= 0.3 is 0 Å². The maximum Gasteiger partial charge on any atom is 0.163 e. The maximum atomic E-state index is 9.65. The van der Waals surface area contributed by atoms with E-state index in [2.05, 4.69) is 33.9 Å². The molecule has 1 aromatic carbocycles. The summed E-state index contributed by atoms with van der Waals surface area (Å²) in [6.07, 6.45) is 2.77. The Hall–Kier alpha value is -2.74. The van der Waals surface area contributed by atoms with Gasteiger partial charge in [0.25, 0.3) is 0 Å². The highest BCUT2D eigenvalue weighted by Crippen LogP contribution is 2.16. The molecule has 1 aliphatic heterocycles. The van der Waals surface area contributed by atoms with Crippen molar-refractivity contribution in [2.45, 2.75) is 45.1 Å². The first-order valence-corrected chi connectivity index (χ1v) is 9.76. The van der Waals surface area contributed by atoms with Gasteiger partial charge in [-0.3, -0.25) is 0 Å². The van der Waals surface area contributed by atoms with Gasteiger partial charge in [-0.1, -0.05) is 11.3 Å². The van der Waals surface area contributed by atoms with Crippen LogP contribution >= 0.6 is 12.2 Å². The first-order chi connectivity index (χ1) is 14.0. The standard InChI is InChI=1S/C16H18N4O3.C3H8N2S/c17-8-12-2-1-3-15(6-12)23-11-13-9-20(19-18-13)10-16-7-14(21)4-5-22-16;1-2-5-3(4)6/h1-3,6,9,14,16,21H,4-5,7,10-11H2;2H2,1H3,(H3,4,5,6). The van der Waals surface area contributed by atoms with Crippen molar-refractivity contribution in [2.75, 3.05) is 13.2 Å². The van der Waals surface area contributed by atoms with E-state index in [0.29, 0.717) is 48.1 Å². The van der Waals surface area contributed by atoms with E-state index in [9.17, 15) is 5.11 Å². The lowest BCUT2D eigenvalue weighted by Gasteiger charge is -2.26. The number of benzene rings is 1. The molecule has 3 rings (SSSR count). The third-order valence-electron chi connectivity index (χ3n) is 4.02. The van der Waals surface area contributed by atoms with E-state index < -0.39 is 0 Å². The van der Waals surface area contributed by atoms with E-state index in [0.717, 1.165) is 6.54 Å².